The van der Waals surface area contributed by atoms with E-state index in [2.05, 4.69) is 10.8 Å². The minimum absolute atomic E-state index is 0.0129. The number of methoxy groups -OCH3 is 1. The third-order valence-electron chi connectivity index (χ3n) is 3.73. The minimum atomic E-state index is -0.384. The predicted molar refractivity (Wildman–Crippen MR) is 85.0 cm³/mol. The van der Waals surface area contributed by atoms with Crippen molar-refractivity contribution in [2.75, 3.05) is 12.9 Å². The molecule has 2 atom stereocenters. The summed E-state index contributed by atoms with van der Waals surface area (Å²) in [7, 11) is 1.40. The summed E-state index contributed by atoms with van der Waals surface area (Å²) in [6.07, 6.45) is 2.13. The molecular weight excluding hydrogens is 286 g/mol. The van der Waals surface area contributed by atoms with Gasteiger partial charge in [0.25, 0.3) is 5.91 Å². The fourth-order valence-corrected chi connectivity index (χ4v) is 4.75. The Hall–Kier alpha value is -1.49. The lowest BCUT2D eigenvalue weighted by Crippen LogP contribution is -2.41. The lowest BCUT2D eigenvalue weighted by atomic mass is 10.0. The molecule has 1 aromatic carbocycles. The number of rotatable bonds is 4. The Labute approximate surface area is 128 Å². The summed E-state index contributed by atoms with van der Waals surface area (Å²) in [4.78, 5) is 23.9. The number of ether oxygens (including phenoxy) is 1. The highest BCUT2D eigenvalue weighted by atomic mass is 32.2. The van der Waals surface area contributed by atoms with Gasteiger partial charge in [-0.2, -0.15) is 4.72 Å². The van der Waals surface area contributed by atoms with E-state index in [0.29, 0.717) is 6.42 Å². The topological polar surface area (TPSA) is 55.4 Å². The average Bonchev–Trinajstić information content (AvgIpc) is 2.89. The molecule has 0 aromatic heterocycles. The van der Waals surface area contributed by atoms with E-state index < -0.39 is 0 Å². The molecular formula is C16H22NO3S+. The molecule has 2 unspecified atom stereocenters. The van der Waals surface area contributed by atoms with Gasteiger partial charge in [0.2, 0.25) is 5.25 Å². The van der Waals surface area contributed by atoms with Gasteiger partial charge in [-0.15, -0.1) is 0 Å². The second-order valence-electron chi connectivity index (χ2n) is 5.42. The summed E-state index contributed by atoms with van der Waals surface area (Å²) in [6.45, 7) is 4.06. The van der Waals surface area contributed by atoms with E-state index in [4.69, 9.17) is 4.74 Å². The summed E-state index contributed by atoms with van der Waals surface area (Å²) in [6, 6.07) is 6.10. The van der Waals surface area contributed by atoms with Crippen LogP contribution in [0.3, 0.4) is 0 Å². The highest BCUT2D eigenvalue weighted by molar-refractivity contribution is 7.97. The van der Waals surface area contributed by atoms with Crippen LogP contribution in [0.1, 0.15) is 29.5 Å². The van der Waals surface area contributed by atoms with Crippen molar-refractivity contribution < 1.29 is 14.3 Å². The van der Waals surface area contributed by atoms with Gasteiger partial charge in [0, 0.05) is 6.42 Å². The summed E-state index contributed by atoms with van der Waals surface area (Å²) in [5.41, 5.74) is 3.36. The van der Waals surface area contributed by atoms with Crippen molar-refractivity contribution >= 4 is 23.0 Å². The molecule has 5 heteroatoms. The second kappa shape index (κ2) is 6.98. The highest BCUT2D eigenvalue weighted by Gasteiger charge is 2.44. The van der Waals surface area contributed by atoms with Crippen LogP contribution in [0.4, 0.5) is 0 Å². The highest BCUT2D eigenvalue weighted by Crippen LogP contribution is 2.22. The number of hydrogen-bond donors (Lipinski definition) is 1. The lowest BCUT2D eigenvalue weighted by Gasteiger charge is -2.11. The Bertz CT molecular complexity index is 544. The Balaban J connectivity index is 1.96. The molecule has 0 spiro atoms. The number of aryl methyl sites for hydroxylation is 2. The van der Waals surface area contributed by atoms with Gasteiger partial charge in [0.15, 0.2) is 0 Å². The fourth-order valence-electron chi connectivity index (χ4n) is 2.60. The molecule has 1 heterocycles. The predicted octanol–water partition coefficient (Wildman–Crippen LogP) is 1.83. The first-order valence-electron chi connectivity index (χ1n) is 7.14. The van der Waals surface area contributed by atoms with Gasteiger partial charge in [0.05, 0.1) is 13.5 Å². The lowest BCUT2D eigenvalue weighted by molar-refractivity contribution is -0.140. The van der Waals surface area contributed by atoms with Crippen molar-refractivity contribution in [2.45, 2.75) is 38.4 Å². The molecule has 1 saturated heterocycles. The van der Waals surface area contributed by atoms with Crippen LogP contribution in [0, 0.1) is 13.8 Å². The molecule has 1 aromatic rings. The number of nitrogens with one attached hydrogen (secondary N) is 1. The molecule has 2 rings (SSSR count). The number of benzene rings is 1. The van der Waals surface area contributed by atoms with E-state index in [1.54, 1.807) is 0 Å². The molecule has 21 heavy (non-hydrogen) atoms. The fraction of sp³-hybridized carbons (Fsp3) is 0.500. The molecule has 1 aliphatic heterocycles. The van der Waals surface area contributed by atoms with Crippen LogP contribution >= 0.6 is 0 Å². The van der Waals surface area contributed by atoms with E-state index in [0.717, 1.165) is 29.7 Å². The summed E-state index contributed by atoms with van der Waals surface area (Å²) < 4.78 is 7.84. The van der Waals surface area contributed by atoms with Gasteiger partial charge in [-0.05, 0) is 31.4 Å². The maximum absolute atomic E-state index is 12.2. The van der Waals surface area contributed by atoms with Gasteiger partial charge in [0.1, 0.15) is 16.8 Å². The first-order chi connectivity index (χ1) is 10.0. The molecule has 114 valence electrons. The van der Waals surface area contributed by atoms with E-state index >= 15 is 0 Å². The number of carbonyl (C=O) groups is 2. The van der Waals surface area contributed by atoms with Gasteiger partial charge in [-0.25, -0.2) is 4.79 Å². The first-order valence-corrected chi connectivity index (χ1v) is 8.60. The van der Waals surface area contributed by atoms with E-state index in [1.807, 2.05) is 26.0 Å². The Morgan fingerprint density at radius 1 is 1.38 bits per heavy atom. The monoisotopic (exact) mass is 308 g/mol. The maximum atomic E-state index is 12.2. The largest absolute Gasteiger partial charge is 0.465 e. The molecule has 0 bridgehead atoms. The van der Waals surface area contributed by atoms with Crippen LogP contribution in [0.25, 0.3) is 0 Å². The SMILES string of the molecule is COC(=O)C1CCC[S+]1NC(=O)Cc1ccc(C)cc1C. The number of esters is 1. The molecule has 1 amide bonds. The molecule has 1 N–H and O–H groups in total. The Morgan fingerprint density at radius 2 is 2.14 bits per heavy atom. The zero-order chi connectivity index (χ0) is 15.4. The van der Waals surface area contributed by atoms with E-state index in [-0.39, 0.29) is 28.2 Å². The molecule has 1 aliphatic rings. The smallest absolute Gasteiger partial charge is 0.361 e. The van der Waals surface area contributed by atoms with Crippen LogP contribution in [-0.2, 0) is 31.8 Å². The summed E-state index contributed by atoms with van der Waals surface area (Å²) in [5, 5.41) is -0.168. The quantitative estimate of drug-likeness (QED) is 0.682. The summed E-state index contributed by atoms with van der Waals surface area (Å²) >= 11 is -0.384. The normalized spacial score (nSPS) is 21.1. The Kier molecular flexibility index (Phi) is 5.28. The van der Waals surface area contributed by atoms with Crippen LogP contribution < -0.4 is 4.72 Å². The van der Waals surface area contributed by atoms with Crippen LogP contribution in [0.2, 0.25) is 0 Å². The zero-order valence-electron chi connectivity index (χ0n) is 12.8. The number of carbonyl (C=O) groups excluding carboxylic acids is 2. The van der Waals surface area contributed by atoms with Gasteiger partial charge in [-0.1, -0.05) is 23.8 Å². The van der Waals surface area contributed by atoms with E-state index in [1.165, 1.54) is 12.7 Å². The van der Waals surface area contributed by atoms with Gasteiger partial charge < -0.3 is 4.74 Å². The van der Waals surface area contributed by atoms with Crippen molar-refractivity contribution in [3.8, 4) is 0 Å². The molecule has 0 saturated carbocycles. The van der Waals surface area contributed by atoms with Crippen molar-refractivity contribution in [2.24, 2.45) is 0 Å². The van der Waals surface area contributed by atoms with Crippen molar-refractivity contribution in [3.05, 3.63) is 34.9 Å². The molecule has 0 aliphatic carbocycles. The van der Waals surface area contributed by atoms with Crippen molar-refractivity contribution in [1.82, 2.24) is 4.72 Å². The summed E-state index contributed by atoms with van der Waals surface area (Å²) in [5.74, 6) is 0.655. The van der Waals surface area contributed by atoms with Crippen molar-refractivity contribution in [1.29, 1.82) is 0 Å². The molecule has 4 nitrogen and oxygen atoms in total. The van der Waals surface area contributed by atoms with Crippen LogP contribution in [0.15, 0.2) is 18.2 Å². The van der Waals surface area contributed by atoms with Gasteiger partial charge in [-0.3, -0.25) is 4.79 Å². The first kappa shape index (κ1) is 15.9. The zero-order valence-corrected chi connectivity index (χ0v) is 13.6. The minimum Gasteiger partial charge on any atom is -0.465 e. The number of amides is 1. The van der Waals surface area contributed by atoms with Crippen LogP contribution in [-0.4, -0.2) is 30.0 Å². The van der Waals surface area contributed by atoms with E-state index in [9.17, 15) is 9.59 Å². The number of hydrogen-bond acceptors (Lipinski definition) is 3. The average molecular weight is 308 g/mol. The Morgan fingerprint density at radius 3 is 2.81 bits per heavy atom. The van der Waals surface area contributed by atoms with Crippen molar-refractivity contribution in [3.63, 3.8) is 0 Å². The molecule has 0 radical (unpaired) electrons. The maximum Gasteiger partial charge on any atom is 0.361 e. The third kappa shape index (κ3) is 4.00. The second-order valence-corrected chi connectivity index (χ2v) is 7.46. The third-order valence-corrected chi connectivity index (χ3v) is 6.07. The van der Waals surface area contributed by atoms with Gasteiger partial charge >= 0.3 is 5.97 Å². The van der Waals surface area contributed by atoms with Crippen LogP contribution in [0.5, 0.6) is 0 Å². The molecule has 1 fully saturated rings. The standard InChI is InChI=1S/C16H21NO3S/c1-11-6-7-13(12(2)9-11)10-15(18)17-21-8-4-5-14(21)16(19)20-3/h6-7,9,14H,4-5,8,10H2,1-3H3/p+1.